The van der Waals surface area contributed by atoms with Gasteiger partial charge < -0.3 is 5.32 Å². The molecule has 1 atom stereocenters. The Hall–Kier alpha value is -0.620. The average Bonchev–Trinajstić information content (AvgIpc) is 2.77. The van der Waals surface area contributed by atoms with Gasteiger partial charge in [-0.05, 0) is 19.8 Å². The van der Waals surface area contributed by atoms with Gasteiger partial charge in [0.1, 0.15) is 0 Å². The van der Waals surface area contributed by atoms with E-state index < -0.39 is 10.0 Å². The first kappa shape index (κ1) is 14.4. The Kier molecular flexibility index (Phi) is 5.39. The minimum absolute atomic E-state index is 0.0271. The highest BCUT2D eigenvalue weighted by atomic mass is 32.2. The Morgan fingerprint density at radius 1 is 1.41 bits per heavy atom. The number of carbonyl (C=O) groups excluding carboxylic acids is 1. The van der Waals surface area contributed by atoms with Crippen LogP contribution in [0.25, 0.3) is 0 Å². The average molecular weight is 262 g/mol. The van der Waals surface area contributed by atoms with Crippen LogP contribution in [-0.4, -0.2) is 44.0 Å². The first-order valence-electron chi connectivity index (χ1n) is 6.26. The third-order valence-electron chi connectivity index (χ3n) is 3.02. The van der Waals surface area contributed by atoms with Crippen LogP contribution in [0.2, 0.25) is 0 Å². The van der Waals surface area contributed by atoms with Crippen molar-refractivity contribution >= 4 is 15.9 Å². The molecule has 6 heteroatoms. The van der Waals surface area contributed by atoms with Crippen LogP contribution in [0.4, 0.5) is 0 Å². The third kappa shape index (κ3) is 3.96. The summed E-state index contributed by atoms with van der Waals surface area (Å²) in [4.78, 5) is 11.6. The van der Waals surface area contributed by atoms with Crippen LogP contribution in [0.3, 0.4) is 0 Å². The minimum atomic E-state index is -3.15. The van der Waals surface area contributed by atoms with Crippen LogP contribution in [0.5, 0.6) is 0 Å². The largest absolute Gasteiger partial charge is 0.356 e. The monoisotopic (exact) mass is 262 g/mol. The second-order valence-corrected chi connectivity index (χ2v) is 6.50. The van der Waals surface area contributed by atoms with E-state index in [9.17, 15) is 13.2 Å². The summed E-state index contributed by atoms with van der Waals surface area (Å²) < 4.78 is 25.3. The van der Waals surface area contributed by atoms with Gasteiger partial charge in [-0.1, -0.05) is 13.3 Å². The lowest BCUT2D eigenvalue weighted by atomic mass is 10.1. The fourth-order valence-corrected chi connectivity index (χ4v) is 3.67. The highest BCUT2D eigenvalue weighted by Crippen LogP contribution is 2.20. The standard InChI is InChI=1S/C11H22N2O3S/c1-3-5-8-17(15,16)13-7-6-10(9-13)11(14)12-4-2/h10H,3-9H2,1-2H3,(H,12,14). The number of amides is 1. The molecule has 1 rings (SSSR count). The number of rotatable bonds is 6. The quantitative estimate of drug-likeness (QED) is 0.761. The zero-order chi connectivity index (χ0) is 12.9. The summed E-state index contributed by atoms with van der Waals surface area (Å²) in [5, 5.41) is 2.74. The molecule has 0 saturated carbocycles. The molecule has 0 bridgehead atoms. The van der Waals surface area contributed by atoms with Gasteiger partial charge in [-0.2, -0.15) is 0 Å². The predicted molar refractivity (Wildman–Crippen MR) is 67.1 cm³/mol. The lowest BCUT2D eigenvalue weighted by molar-refractivity contribution is -0.124. The van der Waals surface area contributed by atoms with E-state index in [1.54, 1.807) is 0 Å². The maximum absolute atomic E-state index is 11.9. The van der Waals surface area contributed by atoms with Crippen molar-refractivity contribution in [2.45, 2.75) is 33.1 Å². The van der Waals surface area contributed by atoms with Crippen LogP contribution in [0, 0.1) is 5.92 Å². The van der Waals surface area contributed by atoms with Crippen LogP contribution < -0.4 is 5.32 Å². The van der Waals surface area contributed by atoms with Gasteiger partial charge >= 0.3 is 0 Å². The Bertz CT molecular complexity index is 354. The van der Waals surface area contributed by atoms with Gasteiger partial charge in [-0.3, -0.25) is 4.79 Å². The molecule has 0 aromatic carbocycles. The van der Waals surface area contributed by atoms with Gasteiger partial charge in [-0.25, -0.2) is 12.7 Å². The third-order valence-corrected chi connectivity index (χ3v) is 4.95. The lowest BCUT2D eigenvalue weighted by Gasteiger charge is -2.16. The number of hydrogen-bond acceptors (Lipinski definition) is 3. The molecule has 17 heavy (non-hydrogen) atoms. The predicted octanol–water partition coefficient (Wildman–Crippen LogP) is 0.574. The number of nitrogens with one attached hydrogen (secondary N) is 1. The molecule has 1 saturated heterocycles. The molecule has 1 amide bonds. The smallest absolute Gasteiger partial charge is 0.224 e. The number of hydrogen-bond donors (Lipinski definition) is 1. The maximum atomic E-state index is 11.9. The molecule has 0 aliphatic carbocycles. The number of unbranched alkanes of at least 4 members (excludes halogenated alkanes) is 1. The Labute approximate surface area is 104 Å². The lowest BCUT2D eigenvalue weighted by Crippen LogP contribution is -2.35. The molecule has 1 N–H and O–H groups in total. The van der Waals surface area contributed by atoms with Gasteiger partial charge in [0, 0.05) is 19.6 Å². The van der Waals surface area contributed by atoms with Crippen LogP contribution in [0.15, 0.2) is 0 Å². The summed E-state index contributed by atoms with van der Waals surface area (Å²) in [7, 11) is -3.15. The van der Waals surface area contributed by atoms with E-state index in [0.29, 0.717) is 32.5 Å². The molecule has 0 aromatic heterocycles. The Balaban J connectivity index is 2.52. The van der Waals surface area contributed by atoms with Crippen molar-refractivity contribution in [1.82, 2.24) is 9.62 Å². The van der Waals surface area contributed by atoms with Crippen molar-refractivity contribution in [3.8, 4) is 0 Å². The molecule has 1 unspecified atom stereocenters. The summed E-state index contributed by atoms with van der Waals surface area (Å²) in [6, 6.07) is 0. The highest BCUT2D eigenvalue weighted by Gasteiger charge is 2.34. The minimum Gasteiger partial charge on any atom is -0.356 e. The molecule has 0 spiro atoms. The van der Waals surface area contributed by atoms with Crippen LogP contribution in [0.1, 0.15) is 33.1 Å². The van der Waals surface area contributed by atoms with Crippen molar-refractivity contribution in [3.63, 3.8) is 0 Å². The molecule has 1 aliphatic heterocycles. The summed E-state index contributed by atoms with van der Waals surface area (Å²) in [5.74, 6) is -0.00180. The summed E-state index contributed by atoms with van der Waals surface area (Å²) in [6.45, 7) is 5.25. The summed E-state index contributed by atoms with van der Waals surface area (Å²) in [5.41, 5.74) is 0. The molecule has 1 aliphatic rings. The van der Waals surface area contributed by atoms with Crippen molar-refractivity contribution in [2.24, 2.45) is 5.92 Å². The SMILES string of the molecule is CCCCS(=O)(=O)N1CCC(C(=O)NCC)C1. The van der Waals surface area contributed by atoms with Gasteiger partial charge in [0.25, 0.3) is 0 Å². The molecule has 0 radical (unpaired) electrons. The Morgan fingerprint density at radius 2 is 2.12 bits per heavy atom. The first-order chi connectivity index (χ1) is 8.01. The summed E-state index contributed by atoms with van der Waals surface area (Å²) in [6.07, 6.45) is 2.19. The number of nitrogens with zero attached hydrogens (tertiary/aromatic N) is 1. The van der Waals surface area contributed by atoms with Gasteiger partial charge in [-0.15, -0.1) is 0 Å². The number of sulfonamides is 1. The van der Waals surface area contributed by atoms with Crippen LogP contribution in [-0.2, 0) is 14.8 Å². The van der Waals surface area contributed by atoms with E-state index in [4.69, 9.17) is 0 Å². The number of carbonyl (C=O) groups is 1. The molecule has 1 heterocycles. The second-order valence-electron chi connectivity index (χ2n) is 4.41. The van der Waals surface area contributed by atoms with Crippen molar-refractivity contribution in [3.05, 3.63) is 0 Å². The van der Waals surface area contributed by atoms with E-state index in [0.717, 1.165) is 6.42 Å². The van der Waals surface area contributed by atoms with E-state index in [2.05, 4.69) is 5.32 Å². The van der Waals surface area contributed by atoms with E-state index in [1.807, 2.05) is 13.8 Å². The van der Waals surface area contributed by atoms with E-state index in [1.165, 1.54) is 4.31 Å². The van der Waals surface area contributed by atoms with Crippen LogP contribution >= 0.6 is 0 Å². The first-order valence-corrected chi connectivity index (χ1v) is 7.87. The second kappa shape index (κ2) is 6.35. The fraction of sp³-hybridized carbons (Fsp3) is 0.909. The molecule has 5 nitrogen and oxygen atoms in total. The molecule has 100 valence electrons. The summed E-state index contributed by atoms with van der Waals surface area (Å²) >= 11 is 0. The molecular weight excluding hydrogens is 240 g/mol. The van der Waals surface area contributed by atoms with Crippen molar-refractivity contribution in [1.29, 1.82) is 0 Å². The molecular formula is C11H22N2O3S. The van der Waals surface area contributed by atoms with Gasteiger partial charge in [0.05, 0.1) is 11.7 Å². The Morgan fingerprint density at radius 3 is 2.71 bits per heavy atom. The zero-order valence-electron chi connectivity index (χ0n) is 10.6. The molecule has 0 aromatic rings. The normalized spacial score (nSPS) is 21.6. The highest BCUT2D eigenvalue weighted by molar-refractivity contribution is 7.89. The fourth-order valence-electron chi connectivity index (χ4n) is 1.97. The topological polar surface area (TPSA) is 66.5 Å². The van der Waals surface area contributed by atoms with Gasteiger partial charge in [0.2, 0.25) is 15.9 Å². The zero-order valence-corrected chi connectivity index (χ0v) is 11.4. The van der Waals surface area contributed by atoms with Crippen molar-refractivity contribution < 1.29 is 13.2 Å². The van der Waals surface area contributed by atoms with Crippen molar-refractivity contribution in [2.75, 3.05) is 25.4 Å². The maximum Gasteiger partial charge on any atom is 0.224 e. The van der Waals surface area contributed by atoms with Gasteiger partial charge in [0.15, 0.2) is 0 Å². The molecule has 1 fully saturated rings. The van der Waals surface area contributed by atoms with E-state index >= 15 is 0 Å². The van der Waals surface area contributed by atoms with E-state index in [-0.39, 0.29) is 17.6 Å².